The second kappa shape index (κ2) is 8.09. The molecule has 0 aliphatic rings. The first-order valence-electron chi connectivity index (χ1n) is 6.45. The molecule has 0 saturated carbocycles. The number of hydrogen-bond donors (Lipinski definition) is 1. The van der Waals surface area contributed by atoms with Gasteiger partial charge in [-0.2, -0.15) is 17.0 Å². The number of halogens is 1. The average molecular weight is 364 g/mol. The highest BCUT2D eigenvalue weighted by molar-refractivity contribution is 9.10. The lowest BCUT2D eigenvalue weighted by molar-refractivity contribution is 0.385. The average Bonchev–Trinajstić information content (AvgIpc) is 2.41. The third kappa shape index (κ3) is 4.82. The SMILES string of the molecule is CNCCCN(C)S(=O)(=O)N(C)Cc1ccccc1Br. The van der Waals surface area contributed by atoms with E-state index in [0.717, 1.165) is 23.0 Å². The molecule has 114 valence electrons. The van der Waals surface area contributed by atoms with Gasteiger partial charge in [0.15, 0.2) is 0 Å². The fraction of sp³-hybridized carbons (Fsp3) is 0.538. The van der Waals surface area contributed by atoms with Gasteiger partial charge in [0.25, 0.3) is 10.2 Å². The maximum absolute atomic E-state index is 12.4. The van der Waals surface area contributed by atoms with Crippen molar-refractivity contribution in [1.29, 1.82) is 0 Å². The van der Waals surface area contributed by atoms with Gasteiger partial charge in [-0.05, 0) is 31.6 Å². The first-order chi connectivity index (χ1) is 9.39. The van der Waals surface area contributed by atoms with Crippen molar-refractivity contribution in [2.24, 2.45) is 0 Å². The second-order valence-corrected chi connectivity index (χ2v) is 7.63. The van der Waals surface area contributed by atoms with Crippen LogP contribution in [0.1, 0.15) is 12.0 Å². The van der Waals surface area contributed by atoms with Crippen LogP contribution in [-0.2, 0) is 16.8 Å². The summed E-state index contributed by atoms with van der Waals surface area (Å²) >= 11 is 3.44. The molecular formula is C13H22BrN3O2S. The van der Waals surface area contributed by atoms with Crippen LogP contribution < -0.4 is 5.32 Å². The quantitative estimate of drug-likeness (QED) is 0.714. The Hall–Kier alpha value is -0.470. The van der Waals surface area contributed by atoms with Gasteiger partial charge < -0.3 is 5.32 Å². The van der Waals surface area contributed by atoms with Crippen molar-refractivity contribution in [3.63, 3.8) is 0 Å². The Bertz CT molecular complexity index is 522. The van der Waals surface area contributed by atoms with Gasteiger partial charge in [-0.25, -0.2) is 0 Å². The molecule has 0 unspecified atom stereocenters. The Morgan fingerprint density at radius 2 is 1.85 bits per heavy atom. The molecule has 0 aliphatic heterocycles. The van der Waals surface area contributed by atoms with E-state index in [4.69, 9.17) is 0 Å². The number of rotatable bonds is 8. The molecule has 0 saturated heterocycles. The fourth-order valence-corrected chi connectivity index (χ4v) is 3.33. The molecule has 7 heteroatoms. The number of benzene rings is 1. The highest BCUT2D eigenvalue weighted by atomic mass is 79.9. The van der Waals surface area contributed by atoms with Crippen molar-refractivity contribution in [3.8, 4) is 0 Å². The van der Waals surface area contributed by atoms with E-state index in [-0.39, 0.29) is 0 Å². The molecular weight excluding hydrogens is 342 g/mol. The Labute approximate surface area is 130 Å². The topological polar surface area (TPSA) is 52.7 Å². The number of nitrogens with one attached hydrogen (secondary N) is 1. The molecule has 0 aliphatic carbocycles. The van der Waals surface area contributed by atoms with E-state index in [1.807, 2.05) is 31.3 Å². The summed E-state index contributed by atoms with van der Waals surface area (Å²) in [5.41, 5.74) is 0.946. The van der Waals surface area contributed by atoms with E-state index in [0.29, 0.717) is 13.1 Å². The summed E-state index contributed by atoms with van der Waals surface area (Å²) in [5, 5.41) is 3.01. The molecule has 1 aromatic carbocycles. The van der Waals surface area contributed by atoms with Gasteiger partial charge >= 0.3 is 0 Å². The van der Waals surface area contributed by atoms with E-state index in [1.54, 1.807) is 14.1 Å². The summed E-state index contributed by atoms with van der Waals surface area (Å²) in [6, 6.07) is 7.63. The van der Waals surface area contributed by atoms with Crippen molar-refractivity contribution in [2.75, 3.05) is 34.2 Å². The minimum Gasteiger partial charge on any atom is -0.320 e. The molecule has 20 heavy (non-hydrogen) atoms. The minimum atomic E-state index is -3.42. The molecule has 1 rings (SSSR count). The third-order valence-electron chi connectivity index (χ3n) is 3.04. The smallest absolute Gasteiger partial charge is 0.281 e. The van der Waals surface area contributed by atoms with Crippen LogP contribution in [0.2, 0.25) is 0 Å². The van der Waals surface area contributed by atoms with E-state index in [1.165, 1.54) is 8.61 Å². The van der Waals surface area contributed by atoms with Crippen molar-refractivity contribution < 1.29 is 8.42 Å². The lowest BCUT2D eigenvalue weighted by Gasteiger charge is -2.24. The lowest BCUT2D eigenvalue weighted by Crippen LogP contribution is -2.40. The summed E-state index contributed by atoms with van der Waals surface area (Å²) in [6.07, 6.45) is 0.787. The molecule has 0 bridgehead atoms. The third-order valence-corrected chi connectivity index (χ3v) is 5.70. The lowest BCUT2D eigenvalue weighted by atomic mass is 10.2. The fourth-order valence-electron chi connectivity index (χ4n) is 1.78. The van der Waals surface area contributed by atoms with Crippen molar-refractivity contribution in [3.05, 3.63) is 34.3 Å². The maximum Gasteiger partial charge on any atom is 0.281 e. The highest BCUT2D eigenvalue weighted by Crippen LogP contribution is 2.19. The largest absolute Gasteiger partial charge is 0.320 e. The van der Waals surface area contributed by atoms with Gasteiger partial charge in [0.2, 0.25) is 0 Å². The molecule has 1 N–H and O–H groups in total. The maximum atomic E-state index is 12.4. The predicted molar refractivity (Wildman–Crippen MR) is 85.7 cm³/mol. The highest BCUT2D eigenvalue weighted by Gasteiger charge is 2.23. The Morgan fingerprint density at radius 3 is 2.45 bits per heavy atom. The van der Waals surface area contributed by atoms with Crippen LogP contribution >= 0.6 is 15.9 Å². The number of nitrogens with zero attached hydrogens (tertiary/aromatic N) is 2. The molecule has 0 heterocycles. The summed E-state index contributed by atoms with van der Waals surface area (Å²) in [6.45, 7) is 1.65. The molecule has 0 radical (unpaired) electrons. The van der Waals surface area contributed by atoms with Gasteiger partial charge in [-0.1, -0.05) is 34.1 Å². The van der Waals surface area contributed by atoms with Crippen LogP contribution in [0.25, 0.3) is 0 Å². The zero-order valence-electron chi connectivity index (χ0n) is 12.1. The first-order valence-corrected chi connectivity index (χ1v) is 8.64. The first kappa shape index (κ1) is 17.6. The summed E-state index contributed by atoms with van der Waals surface area (Å²) < 4.78 is 28.4. The zero-order chi connectivity index (χ0) is 15.2. The van der Waals surface area contributed by atoms with Gasteiger partial charge in [-0.3, -0.25) is 0 Å². The summed E-state index contributed by atoms with van der Waals surface area (Å²) in [5.74, 6) is 0. The Kier molecular flexibility index (Phi) is 7.11. The van der Waals surface area contributed by atoms with Crippen LogP contribution in [-0.4, -0.2) is 51.3 Å². The van der Waals surface area contributed by atoms with Crippen LogP contribution in [0.4, 0.5) is 0 Å². The molecule has 0 atom stereocenters. The van der Waals surface area contributed by atoms with Gasteiger partial charge in [0.1, 0.15) is 0 Å². The molecule has 0 amide bonds. The molecule has 0 fully saturated rings. The van der Waals surface area contributed by atoms with Crippen LogP contribution in [0.5, 0.6) is 0 Å². The molecule has 5 nitrogen and oxygen atoms in total. The van der Waals surface area contributed by atoms with E-state index < -0.39 is 10.2 Å². The van der Waals surface area contributed by atoms with Crippen molar-refractivity contribution in [2.45, 2.75) is 13.0 Å². The molecule has 0 aromatic heterocycles. The standard InChI is InChI=1S/C13H22BrN3O2S/c1-15-9-6-10-16(2)20(18,19)17(3)11-12-7-4-5-8-13(12)14/h4-5,7-8,15H,6,9-11H2,1-3H3. The van der Waals surface area contributed by atoms with E-state index in [9.17, 15) is 8.42 Å². The second-order valence-electron chi connectivity index (χ2n) is 4.63. The van der Waals surface area contributed by atoms with Crippen LogP contribution in [0.3, 0.4) is 0 Å². The normalized spacial score (nSPS) is 12.3. The summed E-state index contributed by atoms with van der Waals surface area (Å²) in [7, 11) is 1.65. The Balaban J connectivity index is 2.69. The van der Waals surface area contributed by atoms with E-state index in [2.05, 4.69) is 21.2 Å². The molecule has 0 spiro atoms. The predicted octanol–water partition coefficient (Wildman–Crippen LogP) is 1.67. The van der Waals surface area contributed by atoms with E-state index >= 15 is 0 Å². The summed E-state index contributed by atoms with van der Waals surface area (Å²) in [4.78, 5) is 0. The van der Waals surface area contributed by atoms with Gasteiger partial charge in [0.05, 0.1) is 0 Å². The monoisotopic (exact) mass is 363 g/mol. The van der Waals surface area contributed by atoms with Crippen LogP contribution in [0.15, 0.2) is 28.7 Å². The molecule has 1 aromatic rings. The van der Waals surface area contributed by atoms with Crippen molar-refractivity contribution in [1.82, 2.24) is 13.9 Å². The van der Waals surface area contributed by atoms with Gasteiger partial charge in [0, 0.05) is 31.7 Å². The van der Waals surface area contributed by atoms with Gasteiger partial charge in [-0.15, -0.1) is 0 Å². The zero-order valence-corrected chi connectivity index (χ0v) is 14.5. The van der Waals surface area contributed by atoms with Crippen LogP contribution in [0, 0.1) is 0 Å². The minimum absolute atomic E-state index is 0.347. The Morgan fingerprint density at radius 1 is 1.20 bits per heavy atom. The number of hydrogen-bond acceptors (Lipinski definition) is 3. The van der Waals surface area contributed by atoms with Crippen molar-refractivity contribution >= 4 is 26.1 Å².